The van der Waals surface area contributed by atoms with Gasteiger partial charge in [0.25, 0.3) is 0 Å². The number of pyridine rings is 1. The molecule has 0 atom stereocenters. The number of oxazole rings is 1. The Morgan fingerprint density at radius 2 is 2.04 bits per heavy atom. The second-order valence-corrected chi connectivity index (χ2v) is 8.48. The number of ether oxygens (including phenoxy) is 1. The molecule has 0 bridgehead atoms. The standard InChI is InChI=1S/C20H21N3O4S/c1-26-18-6-2-3-7-19(18)28(24,25)23-12-10-17-16(14-23)22-20(27-17)9-8-15-5-4-11-21-13-15/h2-7,11,13H,8-10,12,14H2,1H3. The van der Waals surface area contributed by atoms with Gasteiger partial charge in [-0.05, 0) is 30.2 Å². The van der Waals surface area contributed by atoms with E-state index < -0.39 is 10.0 Å². The second kappa shape index (κ2) is 7.73. The van der Waals surface area contributed by atoms with Crippen LogP contribution < -0.4 is 4.74 Å². The van der Waals surface area contributed by atoms with Gasteiger partial charge in [-0.25, -0.2) is 13.4 Å². The Morgan fingerprint density at radius 3 is 2.82 bits per heavy atom. The Hall–Kier alpha value is -2.71. The molecule has 0 amide bonds. The van der Waals surface area contributed by atoms with E-state index >= 15 is 0 Å². The van der Waals surface area contributed by atoms with E-state index in [2.05, 4.69) is 9.97 Å². The van der Waals surface area contributed by atoms with Crippen LogP contribution >= 0.6 is 0 Å². The molecule has 4 rings (SSSR count). The molecule has 8 heteroatoms. The maximum atomic E-state index is 13.1. The SMILES string of the molecule is COc1ccccc1S(=O)(=O)N1CCc2oc(CCc3cccnc3)nc2C1. The summed E-state index contributed by atoms with van der Waals surface area (Å²) < 4.78 is 38.7. The average molecular weight is 399 g/mol. The predicted molar refractivity (Wildman–Crippen MR) is 102 cm³/mol. The lowest BCUT2D eigenvalue weighted by atomic mass is 10.1. The van der Waals surface area contributed by atoms with Crippen LogP contribution in [-0.2, 0) is 35.8 Å². The molecule has 0 unspecified atom stereocenters. The number of sulfonamides is 1. The first-order valence-corrected chi connectivity index (χ1v) is 10.5. The van der Waals surface area contributed by atoms with Crippen LogP contribution in [0.2, 0.25) is 0 Å². The fourth-order valence-corrected chi connectivity index (χ4v) is 4.87. The van der Waals surface area contributed by atoms with E-state index in [9.17, 15) is 8.42 Å². The summed E-state index contributed by atoms with van der Waals surface area (Å²) in [5, 5.41) is 0. The number of nitrogens with zero attached hydrogens (tertiary/aromatic N) is 3. The van der Waals surface area contributed by atoms with E-state index in [1.165, 1.54) is 11.4 Å². The van der Waals surface area contributed by atoms with Gasteiger partial charge in [0.05, 0.1) is 19.3 Å². The molecule has 0 fully saturated rings. The quantitative estimate of drug-likeness (QED) is 0.633. The molecule has 2 aromatic heterocycles. The highest BCUT2D eigenvalue weighted by atomic mass is 32.2. The zero-order chi connectivity index (χ0) is 19.6. The van der Waals surface area contributed by atoms with E-state index in [4.69, 9.17) is 9.15 Å². The highest BCUT2D eigenvalue weighted by Gasteiger charge is 2.33. The fourth-order valence-electron chi connectivity index (χ4n) is 3.31. The van der Waals surface area contributed by atoms with E-state index in [-0.39, 0.29) is 11.4 Å². The smallest absolute Gasteiger partial charge is 0.247 e. The van der Waals surface area contributed by atoms with E-state index in [1.807, 2.05) is 18.3 Å². The minimum absolute atomic E-state index is 0.168. The Balaban J connectivity index is 1.51. The number of para-hydroxylation sites is 1. The summed E-state index contributed by atoms with van der Waals surface area (Å²) in [6, 6.07) is 10.6. The number of hydrogen-bond acceptors (Lipinski definition) is 6. The monoisotopic (exact) mass is 399 g/mol. The van der Waals surface area contributed by atoms with E-state index in [1.54, 1.807) is 30.5 Å². The zero-order valence-electron chi connectivity index (χ0n) is 15.5. The highest BCUT2D eigenvalue weighted by Crippen LogP contribution is 2.30. The van der Waals surface area contributed by atoms with E-state index in [0.717, 1.165) is 17.7 Å². The van der Waals surface area contributed by atoms with Crippen LogP contribution in [-0.4, -0.2) is 36.3 Å². The number of hydrogen-bond donors (Lipinski definition) is 0. The fraction of sp³-hybridized carbons (Fsp3) is 0.300. The van der Waals surface area contributed by atoms with Gasteiger partial charge >= 0.3 is 0 Å². The summed E-state index contributed by atoms with van der Waals surface area (Å²) >= 11 is 0. The third kappa shape index (κ3) is 3.65. The van der Waals surface area contributed by atoms with E-state index in [0.29, 0.717) is 36.7 Å². The second-order valence-electron chi connectivity index (χ2n) is 6.58. The molecule has 0 aliphatic carbocycles. The first-order chi connectivity index (χ1) is 13.6. The molecule has 1 aliphatic heterocycles. The zero-order valence-corrected chi connectivity index (χ0v) is 16.4. The molecule has 0 radical (unpaired) electrons. The number of aryl methyl sites for hydroxylation is 2. The van der Waals surface area contributed by atoms with Crippen LogP contribution in [0.15, 0.2) is 58.1 Å². The molecule has 3 aromatic rings. The molecule has 0 saturated heterocycles. The van der Waals surface area contributed by atoms with Crippen LogP contribution in [0.1, 0.15) is 22.9 Å². The summed E-state index contributed by atoms with van der Waals surface area (Å²) in [6.07, 6.45) is 5.49. The average Bonchev–Trinajstić information content (AvgIpc) is 3.15. The number of rotatable bonds is 6. The minimum Gasteiger partial charge on any atom is -0.495 e. The van der Waals surface area contributed by atoms with Gasteiger partial charge in [0.1, 0.15) is 16.4 Å². The highest BCUT2D eigenvalue weighted by molar-refractivity contribution is 7.89. The van der Waals surface area contributed by atoms with Gasteiger partial charge in [-0.1, -0.05) is 18.2 Å². The number of fused-ring (bicyclic) bond motifs is 1. The molecular formula is C20H21N3O4S. The van der Waals surface area contributed by atoms with Gasteiger partial charge < -0.3 is 9.15 Å². The van der Waals surface area contributed by atoms with Gasteiger partial charge in [0.2, 0.25) is 10.0 Å². The van der Waals surface area contributed by atoms with Gasteiger partial charge in [0.15, 0.2) is 5.89 Å². The van der Waals surface area contributed by atoms with Crippen molar-refractivity contribution in [2.45, 2.75) is 30.7 Å². The molecule has 0 saturated carbocycles. The molecular weight excluding hydrogens is 378 g/mol. The van der Waals surface area contributed by atoms with Crippen LogP contribution in [0.5, 0.6) is 5.75 Å². The Morgan fingerprint density at radius 1 is 1.18 bits per heavy atom. The van der Waals surface area contributed by atoms with Crippen molar-refractivity contribution in [1.82, 2.24) is 14.3 Å². The first kappa shape index (κ1) is 18.6. The molecule has 146 valence electrons. The van der Waals surface area contributed by atoms with Crippen molar-refractivity contribution >= 4 is 10.0 Å². The van der Waals surface area contributed by atoms with Crippen molar-refractivity contribution in [2.24, 2.45) is 0 Å². The van der Waals surface area contributed by atoms with Crippen molar-refractivity contribution in [3.63, 3.8) is 0 Å². The topological polar surface area (TPSA) is 85.5 Å². The number of benzene rings is 1. The molecule has 0 N–H and O–H groups in total. The van der Waals surface area contributed by atoms with Crippen LogP contribution in [0, 0.1) is 0 Å². The van der Waals surface area contributed by atoms with Crippen molar-refractivity contribution in [1.29, 1.82) is 0 Å². The lowest BCUT2D eigenvalue weighted by Crippen LogP contribution is -2.36. The maximum Gasteiger partial charge on any atom is 0.247 e. The summed E-state index contributed by atoms with van der Waals surface area (Å²) in [7, 11) is -2.21. The maximum absolute atomic E-state index is 13.1. The molecule has 1 aromatic carbocycles. The summed E-state index contributed by atoms with van der Waals surface area (Å²) in [5.41, 5.74) is 1.80. The Labute approximate surface area is 164 Å². The number of methoxy groups -OCH3 is 1. The Bertz CT molecular complexity index is 1060. The third-order valence-corrected chi connectivity index (χ3v) is 6.66. The molecule has 28 heavy (non-hydrogen) atoms. The third-order valence-electron chi connectivity index (χ3n) is 4.77. The van der Waals surface area contributed by atoms with Gasteiger partial charge in [-0.2, -0.15) is 4.31 Å². The van der Waals surface area contributed by atoms with Gasteiger partial charge in [0, 0.05) is 31.8 Å². The molecule has 3 heterocycles. The van der Waals surface area contributed by atoms with Crippen LogP contribution in [0.25, 0.3) is 0 Å². The van der Waals surface area contributed by atoms with Crippen molar-refractivity contribution < 1.29 is 17.6 Å². The minimum atomic E-state index is -3.68. The molecule has 0 spiro atoms. The molecule has 7 nitrogen and oxygen atoms in total. The van der Waals surface area contributed by atoms with Crippen molar-refractivity contribution in [2.75, 3.05) is 13.7 Å². The Kier molecular flexibility index (Phi) is 5.15. The first-order valence-electron chi connectivity index (χ1n) is 9.07. The van der Waals surface area contributed by atoms with Gasteiger partial charge in [-0.15, -0.1) is 0 Å². The number of aromatic nitrogens is 2. The lowest BCUT2D eigenvalue weighted by Gasteiger charge is -2.25. The largest absolute Gasteiger partial charge is 0.495 e. The summed E-state index contributed by atoms with van der Waals surface area (Å²) in [6.45, 7) is 0.552. The lowest BCUT2D eigenvalue weighted by molar-refractivity contribution is 0.352. The van der Waals surface area contributed by atoms with Crippen LogP contribution in [0.3, 0.4) is 0 Å². The summed E-state index contributed by atoms with van der Waals surface area (Å²) in [4.78, 5) is 8.82. The normalized spacial score (nSPS) is 14.6. The predicted octanol–water partition coefficient (Wildman–Crippen LogP) is 2.61. The van der Waals surface area contributed by atoms with Crippen molar-refractivity contribution in [3.05, 3.63) is 71.7 Å². The van der Waals surface area contributed by atoms with Gasteiger partial charge in [-0.3, -0.25) is 4.98 Å². The van der Waals surface area contributed by atoms with Crippen LogP contribution in [0.4, 0.5) is 0 Å². The van der Waals surface area contributed by atoms with Crippen molar-refractivity contribution in [3.8, 4) is 5.75 Å². The summed E-state index contributed by atoms with van der Waals surface area (Å²) in [5.74, 6) is 1.74. The molecule has 1 aliphatic rings.